The van der Waals surface area contributed by atoms with Gasteiger partial charge in [0.15, 0.2) is 18.1 Å². The van der Waals surface area contributed by atoms with E-state index in [0.717, 1.165) is 59.1 Å². The smallest absolute Gasteiger partial charge is 0.279 e. The molecule has 0 unspecified atom stereocenters. The highest BCUT2D eigenvalue weighted by Gasteiger charge is 2.49. The molecular formula is C32H39F2N4O+. The first-order valence-electron chi connectivity index (χ1n) is 13.7. The Morgan fingerprint density at radius 2 is 1.97 bits per heavy atom. The minimum atomic E-state index is -0.826. The summed E-state index contributed by atoms with van der Waals surface area (Å²) in [5.41, 5.74) is 7.93. The fourth-order valence-electron chi connectivity index (χ4n) is 5.60. The van der Waals surface area contributed by atoms with E-state index in [1.807, 2.05) is 48.6 Å². The van der Waals surface area contributed by atoms with E-state index in [1.165, 1.54) is 13.0 Å². The summed E-state index contributed by atoms with van der Waals surface area (Å²) in [5, 5.41) is 0. The van der Waals surface area contributed by atoms with Gasteiger partial charge in [-0.3, -0.25) is 4.79 Å². The number of anilines is 1. The van der Waals surface area contributed by atoms with Crippen LogP contribution < -0.4 is 10.3 Å². The molecule has 5 nitrogen and oxygen atoms in total. The predicted octanol–water partition coefficient (Wildman–Crippen LogP) is 7.09. The molecule has 1 aromatic rings. The van der Waals surface area contributed by atoms with Crippen LogP contribution in [0.4, 0.5) is 14.5 Å². The number of fused-ring (bicyclic) bond motifs is 1. The Kier molecular flexibility index (Phi) is 7.92. The van der Waals surface area contributed by atoms with Crippen molar-refractivity contribution in [2.24, 2.45) is 10.9 Å². The van der Waals surface area contributed by atoms with Gasteiger partial charge in [-0.2, -0.15) is 5.43 Å². The molecule has 39 heavy (non-hydrogen) atoms. The lowest BCUT2D eigenvalue weighted by molar-refractivity contribution is -0.594. The standard InChI is InChI=1S/C32H39F2N4O/c1-9-21-16-23(17-21)38-28-18-22(13-14-24(28)32(7,8)31(38)39)19(5)15-27-30(37(12-4)36-27)20(6)35-29(25(33)10-2)26(34)11-3/h10-11,13-15,18,21,23,36H,2,5,9,12,16-17H2,1,3-4,6-8H3/q+1/b26-11+,27-15+,29-25-,35-20?. The highest BCUT2D eigenvalue weighted by atomic mass is 19.1. The van der Waals surface area contributed by atoms with Gasteiger partial charge in [0, 0.05) is 11.7 Å². The number of hydrogen-bond acceptors (Lipinski definition) is 3. The minimum Gasteiger partial charge on any atom is -0.308 e. The lowest BCUT2D eigenvalue weighted by Crippen LogP contribution is -2.51. The Morgan fingerprint density at radius 1 is 1.28 bits per heavy atom. The van der Waals surface area contributed by atoms with Gasteiger partial charge in [-0.25, -0.2) is 13.8 Å². The Balaban J connectivity index is 1.66. The molecule has 0 saturated heterocycles. The summed E-state index contributed by atoms with van der Waals surface area (Å²) < 4.78 is 30.5. The van der Waals surface area contributed by atoms with Gasteiger partial charge in [-0.1, -0.05) is 38.6 Å². The maximum absolute atomic E-state index is 14.4. The number of halogens is 2. The second-order valence-corrected chi connectivity index (χ2v) is 11.0. The van der Waals surface area contributed by atoms with E-state index < -0.39 is 17.1 Å². The molecule has 1 fully saturated rings. The molecule has 2 aliphatic heterocycles. The second kappa shape index (κ2) is 10.9. The molecule has 0 spiro atoms. The third kappa shape index (κ3) is 4.95. The van der Waals surface area contributed by atoms with Gasteiger partial charge in [0.1, 0.15) is 17.2 Å². The number of allylic oxidation sites excluding steroid dienone is 7. The maximum atomic E-state index is 14.4. The average Bonchev–Trinajstić information content (AvgIpc) is 3.07. The number of hydrogen-bond donors (Lipinski definition) is 1. The van der Waals surface area contributed by atoms with Crippen molar-refractivity contribution in [1.82, 2.24) is 5.43 Å². The van der Waals surface area contributed by atoms with Crippen LogP contribution in [0.1, 0.15) is 71.9 Å². The lowest BCUT2D eigenvalue weighted by Gasteiger charge is -2.41. The first-order chi connectivity index (χ1) is 18.5. The summed E-state index contributed by atoms with van der Waals surface area (Å²) in [4.78, 5) is 19.7. The highest BCUT2D eigenvalue weighted by Crippen LogP contribution is 2.48. The number of amides is 1. The number of aliphatic imine (C=N–C) groups is 1. The van der Waals surface area contributed by atoms with Gasteiger partial charge in [-0.05, 0) is 94.4 Å². The molecule has 0 atom stereocenters. The Labute approximate surface area is 230 Å². The van der Waals surface area contributed by atoms with Crippen LogP contribution in [0.5, 0.6) is 0 Å². The van der Waals surface area contributed by atoms with Gasteiger partial charge in [0.2, 0.25) is 5.91 Å². The number of carbonyl (C=O) groups excluding carboxylic acids is 1. The van der Waals surface area contributed by atoms with Crippen LogP contribution in [-0.4, -0.2) is 34.6 Å². The normalized spacial score (nSPS) is 24.2. The van der Waals surface area contributed by atoms with Crippen LogP contribution in [-0.2, 0) is 10.2 Å². The van der Waals surface area contributed by atoms with E-state index in [4.69, 9.17) is 0 Å². The monoisotopic (exact) mass is 533 g/mol. The van der Waals surface area contributed by atoms with Gasteiger partial charge in [-0.15, -0.1) is 4.68 Å². The molecule has 7 heteroatoms. The van der Waals surface area contributed by atoms with Crippen molar-refractivity contribution >= 4 is 28.6 Å². The van der Waals surface area contributed by atoms with Crippen LogP contribution in [0.2, 0.25) is 0 Å². The van der Waals surface area contributed by atoms with Crippen LogP contribution in [0.25, 0.3) is 5.57 Å². The zero-order chi connectivity index (χ0) is 28.6. The summed E-state index contributed by atoms with van der Waals surface area (Å²) in [6, 6.07) is 6.36. The van der Waals surface area contributed by atoms with Crippen molar-refractivity contribution < 1.29 is 18.3 Å². The molecule has 1 aliphatic carbocycles. The third-order valence-corrected chi connectivity index (χ3v) is 8.13. The number of nitrogens with one attached hydrogen (secondary N) is 1. The molecule has 1 amide bonds. The van der Waals surface area contributed by atoms with Crippen molar-refractivity contribution in [3.63, 3.8) is 0 Å². The van der Waals surface area contributed by atoms with Gasteiger partial charge in [0.05, 0.1) is 5.41 Å². The molecule has 1 saturated carbocycles. The maximum Gasteiger partial charge on any atom is 0.279 e. The van der Waals surface area contributed by atoms with Crippen molar-refractivity contribution in [2.45, 2.75) is 72.3 Å². The van der Waals surface area contributed by atoms with Gasteiger partial charge < -0.3 is 4.90 Å². The van der Waals surface area contributed by atoms with E-state index in [9.17, 15) is 13.6 Å². The lowest BCUT2D eigenvalue weighted by atomic mass is 9.77. The fourth-order valence-corrected chi connectivity index (χ4v) is 5.60. The van der Waals surface area contributed by atoms with Crippen LogP contribution in [0.3, 0.4) is 0 Å². The van der Waals surface area contributed by atoms with Crippen LogP contribution in [0.15, 0.2) is 77.6 Å². The highest BCUT2D eigenvalue weighted by molar-refractivity contribution is 6.46. The average molecular weight is 534 g/mol. The Bertz CT molecular complexity index is 1390. The zero-order valence-corrected chi connectivity index (χ0v) is 23.9. The Hall–Kier alpha value is -3.61. The molecular weight excluding hydrogens is 494 g/mol. The number of hydrazine groups is 1. The van der Waals surface area contributed by atoms with E-state index in [-0.39, 0.29) is 17.6 Å². The molecule has 0 radical (unpaired) electrons. The molecule has 1 N–H and O–H groups in total. The van der Waals surface area contributed by atoms with Crippen molar-refractivity contribution in [1.29, 1.82) is 0 Å². The number of rotatable bonds is 9. The van der Waals surface area contributed by atoms with Gasteiger partial charge >= 0.3 is 0 Å². The number of benzene rings is 1. The topological polar surface area (TPSA) is 47.7 Å². The summed E-state index contributed by atoms with van der Waals surface area (Å²) >= 11 is 0. The molecule has 0 aromatic heterocycles. The molecule has 3 aliphatic rings. The summed E-state index contributed by atoms with van der Waals surface area (Å²) in [6.45, 7) is 19.7. The summed E-state index contributed by atoms with van der Waals surface area (Å²) in [7, 11) is 0. The van der Waals surface area contributed by atoms with E-state index >= 15 is 0 Å². The molecule has 4 rings (SSSR count). The summed E-state index contributed by atoms with van der Waals surface area (Å²) in [5.74, 6) is -0.745. The quantitative estimate of drug-likeness (QED) is 0.209. The number of carbonyl (C=O) groups is 1. The number of nitrogens with zero attached hydrogens (tertiary/aromatic N) is 3. The van der Waals surface area contributed by atoms with E-state index in [1.54, 1.807) is 6.92 Å². The third-order valence-electron chi connectivity index (χ3n) is 8.13. The zero-order valence-electron chi connectivity index (χ0n) is 23.9. The SMILES string of the molecule is C=C/C(F)=C(N=C(C)C1=[N+](CC)N/C1=C/C(=C)c1ccc2c(c1)N(C1CC(CC)C1)C(=O)C2(C)C)\C(F)=C/C. The fraction of sp³-hybridized carbons (Fsp3) is 0.406. The van der Waals surface area contributed by atoms with E-state index in [0.29, 0.717) is 18.2 Å². The number of hydrazone groups is 1. The Morgan fingerprint density at radius 3 is 2.56 bits per heavy atom. The van der Waals surface area contributed by atoms with Crippen molar-refractivity contribution in [3.05, 3.63) is 83.8 Å². The van der Waals surface area contributed by atoms with E-state index in [2.05, 4.69) is 36.6 Å². The van der Waals surface area contributed by atoms with Gasteiger partial charge in [0.25, 0.3) is 5.71 Å². The van der Waals surface area contributed by atoms with Crippen molar-refractivity contribution in [3.8, 4) is 0 Å². The van der Waals surface area contributed by atoms with Crippen molar-refractivity contribution in [2.75, 3.05) is 11.4 Å². The first kappa shape index (κ1) is 28.4. The molecule has 0 bridgehead atoms. The summed E-state index contributed by atoms with van der Waals surface area (Å²) in [6.07, 6.45) is 7.24. The second-order valence-electron chi connectivity index (χ2n) is 11.0. The molecule has 2 heterocycles. The minimum absolute atomic E-state index is 0.156. The first-order valence-corrected chi connectivity index (χ1v) is 13.7. The molecule has 206 valence electrons. The van der Waals surface area contributed by atoms with Crippen LogP contribution in [0, 0.1) is 5.92 Å². The largest absolute Gasteiger partial charge is 0.308 e. The predicted molar refractivity (Wildman–Crippen MR) is 156 cm³/mol. The van der Waals surface area contributed by atoms with Crippen LogP contribution >= 0.6 is 0 Å². The molecule has 1 aromatic carbocycles.